The second-order valence-corrected chi connectivity index (χ2v) is 7.84. The Morgan fingerprint density at radius 3 is 2.50 bits per heavy atom. The molecule has 2 aliphatic heterocycles. The fraction of sp³-hybridized carbons (Fsp3) is 0.944. The summed E-state index contributed by atoms with van der Waals surface area (Å²) in [6.07, 6.45) is 7.08. The predicted octanol–water partition coefficient (Wildman–Crippen LogP) is 1.41. The minimum atomic E-state index is -0.0115. The molecule has 2 amide bonds. The monoisotopic (exact) mass is 338 g/mol. The molecule has 0 aromatic carbocycles. The molecule has 1 saturated carbocycles. The summed E-state index contributed by atoms with van der Waals surface area (Å²) in [6, 6.07) is 1.07. The molecule has 3 rings (SSSR count). The number of carbonyl (C=O) groups excluding carboxylic acids is 1. The average Bonchev–Trinajstić information content (AvgIpc) is 3.16. The van der Waals surface area contributed by atoms with Crippen LogP contribution in [0, 0.1) is 0 Å². The van der Waals surface area contributed by atoms with Crippen molar-refractivity contribution in [3.63, 3.8) is 0 Å². The van der Waals surface area contributed by atoms with Gasteiger partial charge < -0.3 is 15.4 Å². The van der Waals surface area contributed by atoms with Crippen LogP contribution in [-0.2, 0) is 4.74 Å². The molecule has 2 saturated heterocycles. The standard InChI is InChI=1S/C18H34N4O2/c1-14-11-21(12-15(2)24-14)10-8-19-18(23)20-16-7-9-22(13-16)17-5-3-4-6-17/h14-17H,3-13H2,1-2H3,(H2,19,20,23)/t14-,15+,16-/m0/s1. The van der Waals surface area contributed by atoms with Gasteiger partial charge in [0.05, 0.1) is 12.2 Å². The zero-order chi connectivity index (χ0) is 16.9. The maximum atomic E-state index is 12.1. The number of ether oxygens (including phenoxy) is 1. The van der Waals surface area contributed by atoms with E-state index in [1.807, 2.05) is 0 Å². The Labute approximate surface area is 146 Å². The molecule has 2 N–H and O–H groups in total. The topological polar surface area (TPSA) is 56.8 Å². The van der Waals surface area contributed by atoms with Gasteiger partial charge in [0, 0.05) is 51.4 Å². The lowest BCUT2D eigenvalue weighted by molar-refractivity contribution is -0.0672. The van der Waals surface area contributed by atoms with Gasteiger partial charge in [-0.1, -0.05) is 12.8 Å². The van der Waals surface area contributed by atoms with E-state index in [1.54, 1.807) is 0 Å². The van der Waals surface area contributed by atoms with E-state index < -0.39 is 0 Å². The van der Waals surface area contributed by atoms with E-state index in [2.05, 4.69) is 34.3 Å². The normalized spacial score (nSPS) is 33.0. The summed E-state index contributed by atoms with van der Waals surface area (Å²) in [5, 5.41) is 6.17. The van der Waals surface area contributed by atoms with Gasteiger partial charge in [-0.2, -0.15) is 0 Å². The first-order valence-electron chi connectivity index (χ1n) is 9.76. The first kappa shape index (κ1) is 18.0. The first-order valence-corrected chi connectivity index (χ1v) is 9.76. The number of urea groups is 1. The number of nitrogens with zero attached hydrogens (tertiary/aromatic N) is 2. The average molecular weight is 338 g/mol. The lowest BCUT2D eigenvalue weighted by Gasteiger charge is -2.35. The van der Waals surface area contributed by atoms with Crippen molar-refractivity contribution in [2.45, 2.75) is 70.2 Å². The zero-order valence-electron chi connectivity index (χ0n) is 15.3. The molecule has 6 heteroatoms. The molecule has 3 aliphatic rings. The lowest BCUT2D eigenvalue weighted by atomic mass is 10.2. The highest BCUT2D eigenvalue weighted by Crippen LogP contribution is 2.26. The van der Waals surface area contributed by atoms with Gasteiger partial charge in [-0.3, -0.25) is 9.80 Å². The summed E-state index contributed by atoms with van der Waals surface area (Å²) < 4.78 is 5.74. The fourth-order valence-corrected chi connectivity index (χ4v) is 4.54. The Kier molecular flexibility index (Phi) is 6.36. The van der Waals surface area contributed by atoms with E-state index in [9.17, 15) is 4.79 Å². The molecule has 138 valence electrons. The van der Waals surface area contributed by atoms with Crippen LogP contribution >= 0.6 is 0 Å². The number of nitrogens with one attached hydrogen (secondary N) is 2. The highest BCUT2D eigenvalue weighted by molar-refractivity contribution is 5.74. The Bertz CT molecular complexity index is 404. The fourth-order valence-electron chi connectivity index (χ4n) is 4.54. The van der Waals surface area contributed by atoms with Gasteiger partial charge in [-0.05, 0) is 33.1 Å². The number of rotatable bonds is 5. The Hall–Kier alpha value is -0.850. The first-order chi connectivity index (χ1) is 11.6. The van der Waals surface area contributed by atoms with Crippen molar-refractivity contribution >= 4 is 6.03 Å². The number of carbonyl (C=O) groups is 1. The van der Waals surface area contributed by atoms with Crippen LogP contribution < -0.4 is 10.6 Å². The molecule has 1 aliphatic carbocycles. The summed E-state index contributed by atoms with van der Waals surface area (Å²) in [4.78, 5) is 17.1. The number of amides is 2. The molecule has 0 spiro atoms. The van der Waals surface area contributed by atoms with Crippen LogP contribution in [-0.4, -0.2) is 79.4 Å². The minimum Gasteiger partial charge on any atom is -0.373 e. The van der Waals surface area contributed by atoms with E-state index >= 15 is 0 Å². The third-order valence-electron chi connectivity index (χ3n) is 5.60. The third-order valence-corrected chi connectivity index (χ3v) is 5.60. The smallest absolute Gasteiger partial charge is 0.315 e. The second-order valence-electron chi connectivity index (χ2n) is 7.84. The van der Waals surface area contributed by atoms with Gasteiger partial charge in [0.2, 0.25) is 0 Å². The molecule has 0 radical (unpaired) electrons. The summed E-state index contributed by atoms with van der Waals surface area (Å²) >= 11 is 0. The molecule has 3 atom stereocenters. The van der Waals surface area contributed by atoms with E-state index in [1.165, 1.54) is 25.7 Å². The van der Waals surface area contributed by atoms with Crippen molar-refractivity contribution < 1.29 is 9.53 Å². The molecular weight excluding hydrogens is 304 g/mol. The van der Waals surface area contributed by atoms with Crippen LogP contribution in [0.2, 0.25) is 0 Å². The van der Waals surface area contributed by atoms with E-state index in [0.717, 1.165) is 45.2 Å². The number of hydrogen-bond acceptors (Lipinski definition) is 4. The van der Waals surface area contributed by atoms with Gasteiger partial charge in [-0.15, -0.1) is 0 Å². The quantitative estimate of drug-likeness (QED) is 0.796. The number of hydrogen-bond donors (Lipinski definition) is 2. The van der Waals surface area contributed by atoms with Crippen LogP contribution in [0.4, 0.5) is 4.79 Å². The zero-order valence-corrected chi connectivity index (χ0v) is 15.3. The molecule has 2 heterocycles. The Morgan fingerprint density at radius 1 is 1.08 bits per heavy atom. The molecular formula is C18H34N4O2. The summed E-state index contributed by atoms with van der Waals surface area (Å²) in [6.45, 7) is 9.88. The number of likely N-dealkylation sites (tertiary alicyclic amines) is 1. The molecule has 3 fully saturated rings. The highest BCUT2D eigenvalue weighted by atomic mass is 16.5. The van der Waals surface area contributed by atoms with Crippen LogP contribution in [0.5, 0.6) is 0 Å². The van der Waals surface area contributed by atoms with Crippen molar-refractivity contribution in [1.29, 1.82) is 0 Å². The molecule has 24 heavy (non-hydrogen) atoms. The summed E-state index contributed by atoms with van der Waals surface area (Å²) in [5.74, 6) is 0. The van der Waals surface area contributed by atoms with Crippen LogP contribution in [0.3, 0.4) is 0 Å². The maximum Gasteiger partial charge on any atom is 0.315 e. The Balaban J connectivity index is 1.30. The minimum absolute atomic E-state index is 0.0115. The highest BCUT2D eigenvalue weighted by Gasteiger charge is 2.30. The lowest BCUT2D eigenvalue weighted by Crippen LogP contribution is -2.49. The number of morpholine rings is 1. The van der Waals surface area contributed by atoms with Gasteiger partial charge >= 0.3 is 6.03 Å². The van der Waals surface area contributed by atoms with E-state index in [-0.39, 0.29) is 18.2 Å². The third kappa shape index (κ3) is 5.07. The van der Waals surface area contributed by atoms with Crippen molar-refractivity contribution in [2.24, 2.45) is 0 Å². The van der Waals surface area contributed by atoms with Crippen LogP contribution in [0.15, 0.2) is 0 Å². The van der Waals surface area contributed by atoms with Crippen molar-refractivity contribution in [3.05, 3.63) is 0 Å². The second kappa shape index (κ2) is 8.50. The predicted molar refractivity (Wildman–Crippen MR) is 95.2 cm³/mol. The SMILES string of the molecule is C[C@@H]1CN(CCNC(=O)N[C@H]2CCN(C3CCCC3)C2)C[C@H](C)O1. The molecule has 0 aromatic heterocycles. The largest absolute Gasteiger partial charge is 0.373 e. The van der Waals surface area contributed by atoms with Crippen molar-refractivity contribution in [2.75, 3.05) is 39.3 Å². The molecule has 0 bridgehead atoms. The van der Waals surface area contributed by atoms with Gasteiger partial charge in [-0.25, -0.2) is 4.79 Å². The van der Waals surface area contributed by atoms with E-state index in [0.29, 0.717) is 12.6 Å². The molecule has 0 unspecified atom stereocenters. The van der Waals surface area contributed by atoms with Gasteiger partial charge in [0.15, 0.2) is 0 Å². The van der Waals surface area contributed by atoms with Crippen molar-refractivity contribution in [1.82, 2.24) is 20.4 Å². The van der Waals surface area contributed by atoms with Gasteiger partial charge in [0.1, 0.15) is 0 Å². The molecule has 6 nitrogen and oxygen atoms in total. The van der Waals surface area contributed by atoms with Gasteiger partial charge in [0.25, 0.3) is 0 Å². The van der Waals surface area contributed by atoms with E-state index in [4.69, 9.17) is 4.74 Å². The van der Waals surface area contributed by atoms with Crippen LogP contribution in [0.25, 0.3) is 0 Å². The Morgan fingerprint density at radius 2 is 1.79 bits per heavy atom. The van der Waals surface area contributed by atoms with Crippen molar-refractivity contribution in [3.8, 4) is 0 Å². The summed E-state index contributed by atoms with van der Waals surface area (Å²) in [7, 11) is 0. The summed E-state index contributed by atoms with van der Waals surface area (Å²) in [5.41, 5.74) is 0. The molecule has 0 aromatic rings. The van der Waals surface area contributed by atoms with Crippen LogP contribution in [0.1, 0.15) is 46.0 Å². The maximum absolute atomic E-state index is 12.1.